The van der Waals surface area contributed by atoms with Crippen LogP contribution in [0.1, 0.15) is 58.8 Å². The van der Waals surface area contributed by atoms with Gasteiger partial charge in [0.25, 0.3) is 0 Å². The third kappa shape index (κ3) is 2.58. The van der Waals surface area contributed by atoms with Gasteiger partial charge in [-0.25, -0.2) is 0 Å². The van der Waals surface area contributed by atoms with Gasteiger partial charge in [-0.2, -0.15) is 0 Å². The van der Waals surface area contributed by atoms with Crippen molar-refractivity contribution in [1.82, 2.24) is 0 Å². The standard InChI is InChI=1S/C21H32O4/c1-14-19-16(8-9-17(22)15-6-4-3-5-7-15)18(23)10-11-20(19,2)21(14)24-12-13-25-21/h14-19,22-23H,3-7,10-13H2,1-2H3/t14?,16-,17-,18+,19+,20-/m1/s1. The van der Waals surface area contributed by atoms with E-state index >= 15 is 0 Å². The molecule has 1 unspecified atom stereocenters. The smallest absolute Gasteiger partial charge is 0.176 e. The van der Waals surface area contributed by atoms with Crippen LogP contribution in [-0.2, 0) is 9.47 Å². The fourth-order valence-corrected chi connectivity index (χ4v) is 6.32. The van der Waals surface area contributed by atoms with Gasteiger partial charge in [0.2, 0.25) is 0 Å². The molecule has 3 aliphatic carbocycles. The first kappa shape index (κ1) is 17.8. The van der Waals surface area contributed by atoms with Crippen molar-refractivity contribution in [3.63, 3.8) is 0 Å². The monoisotopic (exact) mass is 348 g/mol. The van der Waals surface area contributed by atoms with Crippen molar-refractivity contribution >= 4 is 0 Å². The van der Waals surface area contributed by atoms with Crippen molar-refractivity contribution in [2.45, 2.75) is 76.8 Å². The molecule has 1 heterocycles. The van der Waals surface area contributed by atoms with Gasteiger partial charge in [-0.15, -0.1) is 0 Å². The van der Waals surface area contributed by atoms with Gasteiger partial charge in [-0.1, -0.05) is 45.0 Å². The zero-order chi connectivity index (χ0) is 17.7. The minimum absolute atomic E-state index is 0.0860. The van der Waals surface area contributed by atoms with Gasteiger partial charge in [0.15, 0.2) is 5.79 Å². The van der Waals surface area contributed by atoms with Gasteiger partial charge in [-0.05, 0) is 37.5 Å². The van der Waals surface area contributed by atoms with Gasteiger partial charge in [-0.3, -0.25) is 0 Å². The Labute approximate surface area is 151 Å². The molecular weight excluding hydrogens is 316 g/mol. The van der Waals surface area contributed by atoms with Gasteiger partial charge < -0.3 is 19.7 Å². The van der Waals surface area contributed by atoms with Gasteiger partial charge in [0.05, 0.1) is 25.2 Å². The Morgan fingerprint density at radius 3 is 2.44 bits per heavy atom. The summed E-state index contributed by atoms with van der Waals surface area (Å²) < 4.78 is 12.1. The Bertz CT molecular complexity index is 552. The Morgan fingerprint density at radius 1 is 1.08 bits per heavy atom. The molecule has 3 saturated carbocycles. The molecule has 1 aliphatic heterocycles. The van der Waals surface area contributed by atoms with E-state index in [1.807, 2.05) is 0 Å². The van der Waals surface area contributed by atoms with E-state index in [2.05, 4.69) is 25.7 Å². The van der Waals surface area contributed by atoms with Crippen LogP contribution in [0, 0.1) is 40.9 Å². The molecule has 140 valence electrons. The summed E-state index contributed by atoms with van der Waals surface area (Å²) in [6.45, 7) is 5.72. The Balaban J connectivity index is 1.52. The first-order chi connectivity index (χ1) is 12.0. The first-order valence-electron chi connectivity index (χ1n) is 10.1. The molecule has 4 heteroatoms. The molecule has 1 saturated heterocycles. The van der Waals surface area contributed by atoms with Crippen molar-refractivity contribution in [2.24, 2.45) is 29.1 Å². The number of ether oxygens (including phenoxy) is 2. The average molecular weight is 348 g/mol. The molecule has 4 rings (SSSR count). The van der Waals surface area contributed by atoms with Crippen LogP contribution in [0.15, 0.2) is 0 Å². The van der Waals surface area contributed by atoms with Crippen molar-refractivity contribution in [3.05, 3.63) is 0 Å². The minimum Gasteiger partial charge on any atom is -0.392 e. The average Bonchev–Trinajstić information content (AvgIpc) is 3.15. The molecule has 0 amide bonds. The maximum Gasteiger partial charge on any atom is 0.176 e. The number of hydrogen-bond acceptors (Lipinski definition) is 4. The molecule has 1 spiro atoms. The number of hydrogen-bond donors (Lipinski definition) is 2. The third-order valence-electron chi connectivity index (χ3n) is 7.64. The molecule has 0 aromatic heterocycles. The maximum absolute atomic E-state index is 10.6. The van der Waals surface area contributed by atoms with E-state index in [0.717, 1.165) is 25.7 Å². The highest BCUT2D eigenvalue weighted by Gasteiger charge is 2.74. The number of aliphatic hydroxyl groups excluding tert-OH is 2. The SMILES string of the molecule is CC1[C@H]2[C@H](C#C[C@@H](O)C3CCCCC3)[C@@H](O)CC[C@@]2(C)C12OCCO2. The fraction of sp³-hybridized carbons (Fsp3) is 0.905. The van der Waals surface area contributed by atoms with E-state index in [9.17, 15) is 10.2 Å². The Kier molecular flexibility index (Phi) is 4.65. The lowest BCUT2D eigenvalue weighted by atomic mass is 9.42. The summed E-state index contributed by atoms with van der Waals surface area (Å²) in [6, 6.07) is 0. The second-order valence-corrected chi connectivity index (χ2v) is 8.86. The topological polar surface area (TPSA) is 58.9 Å². The van der Waals surface area contributed by atoms with E-state index in [1.165, 1.54) is 19.3 Å². The third-order valence-corrected chi connectivity index (χ3v) is 7.64. The zero-order valence-electron chi connectivity index (χ0n) is 15.5. The second kappa shape index (κ2) is 6.53. The molecule has 0 bridgehead atoms. The van der Waals surface area contributed by atoms with Crippen LogP contribution in [-0.4, -0.2) is 41.4 Å². The molecule has 0 aromatic carbocycles. The van der Waals surface area contributed by atoms with E-state index in [0.29, 0.717) is 19.1 Å². The highest BCUT2D eigenvalue weighted by Crippen LogP contribution is 2.69. The van der Waals surface area contributed by atoms with Crippen molar-refractivity contribution in [2.75, 3.05) is 13.2 Å². The lowest BCUT2D eigenvalue weighted by Crippen LogP contribution is -2.73. The first-order valence-corrected chi connectivity index (χ1v) is 10.1. The van der Waals surface area contributed by atoms with Crippen LogP contribution in [0.25, 0.3) is 0 Å². The van der Waals surface area contributed by atoms with Gasteiger partial charge >= 0.3 is 0 Å². The molecule has 6 atom stereocenters. The van der Waals surface area contributed by atoms with E-state index in [4.69, 9.17) is 9.47 Å². The van der Waals surface area contributed by atoms with Gasteiger partial charge in [0, 0.05) is 11.3 Å². The molecule has 4 nitrogen and oxygen atoms in total. The van der Waals surface area contributed by atoms with Gasteiger partial charge in [0.1, 0.15) is 6.10 Å². The molecule has 0 aromatic rings. The largest absolute Gasteiger partial charge is 0.392 e. The maximum atomic E-state index is 10.6. The van der Waals surface area contributed by atoms with Crippen LogP contribution in [0.5, 0.6) is 0 Å². The number of rotatable bonds is 1. The molecule has 4 fully saturated rings. The predicted molar refractivity (Wildman–Crippen MR) is 94.5 cm³/mol. The fourth-order valence-electron chi connectivity index (χ4n) is 6.32. The second-order valence-electron chi connectivity index (χ2n) is 8.86. The van der Waals surface area contributed by atoms with Crippen LogP contribution < -0.4 is 0 Å². The number of fused-ring (bicyclic) bond motifs is 2. The zero-order valence-corrected chi connectivity index (χ0v) is 15.5. The number of aliphatic hydroxyl groups is 2. The molecule has 25 heavy (non-hydrogen) atoms. The summed E-state index contributed by atoms with van der Waals surface area (Å²) in [7, 11) is 0. The lowest BCUT2D eigenvalue weighted by molar-refractivity contribution is -0.380. The Morgan fingerprint density at radius 2 is 1.76 bits per heavy atom. The summed E-state index contributed by atoms with van der Waals surface area (Å²) in [5.41, 5.74) is -0.0860. The lowest BCUT2D eigenvalue weighted by Gasteiger charge is -2.68. The highest BCUT2D eigenvalue weighted by molar-refractivity contribution is 5.24. The molecule has 0 radical (unpaired) electrons. The van der Waals surface area contributed by atoms with Crippen molar-refractivity contribution in [1.29, 1.82) is 0 Å². The van der Waals surface area contributed by atoms with E-state index in [1.54, 1.807) is 0 Å². The predicted octanol–water partition coefficient (Wildman–Crippen LogP) is 2.72. The van der Waals surface area contributed by atoms with Crippen LogP contribution >= 0.6 is 0 Å². The Hall–Kier alpha value is -0.600. The van der Waals surface area contributed by atoms with Crippen LogP contribution in [0.3, 0.4) is 0 Å². The van der Waals surface area contributed by atoms with E-state index in [-0.39, 0.29) is 23.2 Å². The highest BCUT2D eigenvalue weighted by atomic mass is 16.7. The summed E-state index contributed by atoms with van der Waals surface area (Å²) in [6.07, 6.45) is 6.50. The van der Waals surface area contributed by atoms with Crippen molar-refractivity contribution < 1.29 is 19.7 Å². The molecule has 4 aliphatic rings. The molecule has 2 N–H and O–H groups in total. The minimum atomic E-state index is -0.552. The quantitative estimate of drug-likeness (QED) is 0.716. The summed E-state index contributed by atoms with van der Waals surface area (Å²) >= 11 is 0. The van der Waals surface area contributed by atoms with Crippen LogP contribution in [0.4, 0.5) is 0 Å². The summed E-state index contributed by atoms with van der Waals surface area (Å²) in [5.74, 6) is 6.63. The summed E-state index contributed by atoms with van der Waals surface area (Å²) in [4.78, 5) is 0. The molecular formula is C21H32O4. The van der Waals surface area contributed by atoms with Crippen molar-refractivity contribution in [3.8, 4) is 11.8 Å². The van der Waals surface area contributed by atoms with E-state index < -0.39 is 18.0 Å². The van der Waals surface area contributed by atoms with Crippen LogP contribution in [0.2, 0.25) is 0 Å². The normalized spacial score (nSPS) is 44.5. The summed E-state index contributed by atoms with van der Waals surface area (Å²) in [5, 5.41) is 21.1.